The van der Waals surface area contributed by atoms with E-state index in [0.29, 0.717) is 13.0 Å². The van der Waals surface area contributed by atoms with Crippen molar-refractivity contribution in [2.45, 2.75) is 31.5 Å². The number of carbonyl (C=O) groups is 3. The minimum absolute atomic E-state index is 0.383. The van der Waals surface area contributed by atoms with Crippen molar-refractivity contribution in [2.24, 2.45) is 5.73 Å². The predicted octanol–water partition coefficient (Wildman–Crippen LogP) is -0.113. The number of carboxylic acids is 1. The van der Waals surface area contributed by atoms with Crippen molar-refractivity contribution in [2.75, 3.05) is 13.6 Å². The van der Waals surface area contributed by atoms with E-state index in [-0.39, 0.29) is 5.91 Å². The van der Waals surface area contributed by atoms with Gasteiger partial charge in [0.1, 0.15) is 0 Å². The summed E-state index contributed by atoms with van der Waals surface area (Å²) in [5.74, 6) is -2.53. The third-order valence-corrected chi connectivity index (χ3v) is 4.12. The molecule has 0 aromatic heterocycles. The van der Waals surface area contributed by atoms with E-state index in [1.165, 1.54) is 17.9 Å². The predicted molar refractivity (Wildman–Crippen MR) is 94.0 cm³/mol. The molecule has 2 rings (SSSR count). The van der Waals surface area contributed by atoms with E-state index in [0.717, 1.165) is 5.56 Å². The standard InChI is InChI=1S/C18H23N3O5/c1-11(22)20-15-13(19)10-14(18(24)25)26-16(15)17(23)21(2)9-8-12-6-4-3-5-7-12/h3-7,10,13,15-16H,8-9,19H2,1-2H3,(H,20,22)(H,24,25)/t13-,15+,16+/m0/s1. The molecule has 0 saturated heterocycles. The normalized spacial score (nSPS) is 22.0. The van der Waals surface area contributed by atoms with Gasteiger partial charge in [0.25, 0.3) is 5.91 Å². The highest BCUT2D eigenvalue weighted by atomic mass is 16.5. The van der Waals surface area contributed by atoms with Gasteiger partial charge in [-0.3, -0.25) is 9.59 Å². The molecule has 8 heteroatoms. The number of amides is 2. The summed E-state index contributed by atoms with van der Waals surface area (Å²) in [7, 11) is 1.60. The number of carboxylic acid groups (broad SMARTS) is 1. The van der Waals surface area contributed by atoms with Gasteiger partial charge in [0.2, 0.25) is 11.7 Å². The zero-order valence-electron chi connectivity index (χ0n) is 14.7. The van der Waals surface area contributed by atoms with Gasteiger partial charge in [0, 0.05) is 20.5 Å². The maximum Gasteiger partial charge on any atom is 0.370 e. The van der Waals surface area contributed by atoms with Crippen molar-refractivity contribution < 1.29 is 24.2 Å². The Labute approximate surface area is 151 Å². The SMILES string of the molecule is CC(=O)N[C@@H]1[C@@H](N)C=C(C(=O)O)O[C@H]1C(=O)N(C)CCc1ccccc1. The third-order valence-electron chi connectivity index (χ3n) is 4.12. The molecule has 4 N–H and O–H groups in total. The second kappa shape index (κ2) is 8.48. The molecular formula is C18H23N3O5. The van der Waals surface area contributed by atoms with Crippen LogP contribution in [0.25, 0.3) is 0 Å². The lowest BCUT2D eigenvalue weighted by Gasteiger charge is -2.36. The average molecular weight is 361 g/mol. The molecule has 0 spiro atoms. The lowest BCUT2D eigenvalue weighted by atomic mass is 9.97. The van der Waals surface area contributed by atoms with Gasteiger partial charge in [0.05, 0.1) is 12.1 Å². The Morgan fingerprint density at radius 3 is 2.50 bits per heavy atom. The van der Waals surface area contributed by atoms with Gasteiger partial charge >= 0.3 is 5.97 Å². The number of nitrogens with one attached hydrogen (secondary N) is 1. The number of nitrogens with zero attached hydrogens (tertiary/aromatic N) is 1. The fourth-order valence-electron chi connectivity index (χ4n) is 2.73. The molecule has 1 heterocycles. The Morgan fingerprint density at radius 1 is 1.27 bits per heavy atom. The lowest BCUT2D eigenvalue weighted by molar-refractivity contribution is -0.148. The molecule has 0 unspecified atom stereocenters. The summed E-state index contributed by atoms with van der Waals surface area (Å²) in [6, 6.07) is 7.95. The Hall–Kier alpha value is -2.87. The summed E-state index contributed by atoms with van der Waals surface area (Å²) in [4.78, 5) is 36.9. The average Bonchev–Trinajstić information content (AvgIpc) is 2.61. The number of hydrogen-bond donors (Lipinski definition) is 3. The number of hydrogen-bond acceptors (Lipinski definition) is 5. The summed E-state index contributed by atoms with van der Waals surface area (Å²) >= 11 is 0. The number of ether oxygens (including phenoxy) is 1. The van der Waals surface area contributed by atoms with Crippen LogP contribution in [0.15, 0.2) is 42.2 Å². The van der Waals surface area contributed by atoms with Crippen LogP contribution in [-0.2, 0) is 25.5 Å². The molecule has 0 radical (unpaired) electrons. The van der Waals surface area contributed by atoms with E-state index in [1.807, 2.05) is 30.3 Å². The van der Waals surface area contributed by atoms with Gasteiger partial charge in [-0.05, 0) is 18.1 Å². The van der Waals surface area contributed by atoms with E-state index < -0.39 is 35.8 Å². The molecular weight excluding hydrogens is 338 g/mol. The molecule has 8 nitrogen and oxygen atoms in total. The summed E-state index contributed by atoms with van der Waals surface area (Å²) in [6.07, 6.45) is 0.621. The van der Waals surface area contributed by atoms with E-state index in [9.17, 15) is 14.4 Å². The Bertz CT molecular complexity index is 704. The minimum atomic E-state index is -1.31. The van der Waals surface area contributed by atoms with E-state index in [4.69, 9.17) is 15.6 Å². The lowest BCUT2D eigenvalue weighted by Crippen LogP contribution is -2.61. The summed E-state index contributed by atoms with van der Waals surface area (Å²) in [5, 5.41) is 11.7. The smallest absolute Gasteiger partial charge is 0.370 e. The van der Waals surface area contributed by atoms with Crippen molar-refractivity contribution in [3.8, 4) is 0 Å². The monoisotopic (exact) mass is 361 g/mol. The first-order chi connectivity index (χ1) is 12.3. The van der Waals surface area contributed by atoms with Crippen LogP contribution in [0.3, 0.4) is 0 Å². The van der Waals surface area contributed by atoms with Crippen LogP contribution < -0.4 is 11.1 Å². The summed E-state index contributed by atoms with van der Waals surface area (Å²) in [5.41, 5.74) is 7.01. The highest BCUT2D eigenvalue weighted by Crippen LogP contribution is 2.19. The fraction of sp³-hybridized carbons (Fsp3) is 0.389. The minimum Gasteiger partial charge on any atom is -0.475 e. The van der Waals surface area contributed by atoms with Crippen molar-refractivity contribution in [3.05, 3.63) is 47.7 Å². The Morgan fingerprint density at radius 2 is 1.92 bits per heavy atom. The van der Waals surface area contributed by atoms with E-state index in [1.54, 1.807) is 7.05 Å². The fourth-order valence-corrected chi connectivity index (χ4v) is 2.73. The number of carbonyl (C=O) groups excluding carboxylic acids is 2. The molecule has 1 aliphatic rings. The van der Waals surface area contributed by atoms with Crippen LogP contribution in [0.2, 0.25) is 0 Å². The number of aliphatic carboxylic acids is 1. The van der Waals surface area contributed by atoms with Crippen molar-refractivity contribution >= 4 is 17.8 Å². The third kappa shape index (κ3) is 4.82. The van der Waals surface area contributed by atoms with Crippen LogP contribution >= 0.6 is 0 Å². The Balaban J connectivity index is 2.12. The topological polar surface area (TPSA) is 122 Å². The molecule has 140 valence electrons. The summed E-state index contributed by atoms with van der Waals surface area (Å²) in [6.45, 7) is 1.71. The van der Waals surface area contributed by atoms with Gasteiger partial charge < -0.3 is 25.8 Å². The maximum atomic E-state index is 12.8. The molecule has 1 aromatic carbocycles. The highest BCUT2D eigenvalue weighted by Gasteiger charge is 2.41. The first-order valence-corrected chi connectivity index (χ1v) is 8.23. The number of nitrogens with two attached hydrogens (primary N) is 1. The van der Waals surface area contributed by atoms with E-state index in [2.05, 4.69) is 5.32 Å². The van der Waals surface area contributed by atoms with Crippen LogP contribution in [0.4, 0.5) is 0 Å². The Kier molecular flexibility index (Phi) is 6.35. The van der Waals surface area contributed by atoms with Crippen LogP contribution in [0.1, 0.15) is 12.5 Å². The zero-order chi connectivity index (χ0) is 19.3. The second-order valence-electron chi connectivity index (χ2n) is 6.17. The quantitative estimate of drug-likeness (QED) is 0.650. The first-order valence-electron chi connectivity index (χ1n) is 8.23. The molecule has 1 aromatic rings. The van der Waals surface area contributed by atoms with Gasteiger partial charge in [-0.25, -0.2) is 4.79 Å². The number of likely N-dealkylation sites (N-methyl/N-ethyl adjacent to an activating group) is 1. The van der Waals surface area contributed by atoms with Gasteiger partial charge in [-0.1, -0.05) is 30.3 Å². The number of benzene rings is 1. The van der Waals surface area contributed by atoms with Gasteiger partial charge in [-0.15, -0.1) is 0 Å². The molecule has 0 bridgehead atoms. The van der Waals surface area contributed by atoms with Crippen molar-refractivity contribution in [1.82, 2.24) is 10.2 Å². The van der Waals surface area contributed by atoms with Crippen LogP contribution in [0.5, 0.6) is 0 Å². The van der Waals surface area contributed by atoms with Crippen LogP contribution in [0, 0.1) is 0 Å². The highest BCUT2D eigenvalue weighted by molar-refractivity contribution is 5.88. The largest absolute Gasteiger partial charge is 0.475 e. The molecule has 2 amide bonds. The van der Waals surface area contributed by atoms with Crippen LogP contribution in [-0.4, -0.2) is 59.6 Å². The van der Waals surface area contributed by atoms with E-state index >= 15 is 0 Å². The van der Waals surface area contributed by atoms with Gasteiger partial charge in [0.15, 0.2) is 6.10 Å². The zero-order valence-corrected chi connectivity index (χ0v) is 14.7. The first kappa shape index (κ1) is 19.5. The maximum absolute atomic E-state index is 12.8. The molecule has 0 aliphatic carbocycles. The molecule has 26 heavy (non-hydrogen) atoms. The van der Waals surface area contributed by atoms with Crippen molar-refractivity contribution in [3.63, 3.8) is 0 Å². The second-order valence-corrected chi connectivity index (χ2v) is 6.17. The summed E-state index contributed by atoms with van der Waals surface area (Å²) < 4.78 is 5.34. The molecule has 0 fully saturated rings. The molecule has 1 aliphatic heterocycles. The van der Waals surface area contributed by atoms with Gasteiger partial charge in [-0.2, -0.15) is 0 Å². The molecule has 0 saturated carbocycles. The number of rotatable bonds is 6. The molecule has 3 atom stereocenters. The van der Waals surface area contributed by atoms with Crippen molar-refractivity contribution in [1.29, 1.82) is 0 Å².